The first-order chi connectivity index (χ1) is 18.0. The lowest BCUT2D eigenvalue weighted by molar-refractivity contribution is -0.143. The summed E-state index contributed by atoms with van der Waals surface area (Å²) in [4.78, 5) is 15.5. The van der Waals surface area contributed by atoms with Gasteiger partial charge in [-0.25, -0.2) is 0 Å². The van der Waals surface area contributed by atoms with E-state index in [1.807, 2.05) is 98.8 Å². The molecule has 184 valence electrons. The number of β-lactam (4-membered cyclic amide) rings is 1. The molecule has 2 fully saturated rings. The second kappa shape index (κ2) is 10.4. The normalized spacial score (nSPS) is 21.2. The van der Waals surface area contributed by atoms with Crippen LogP contribution in [-0.4, -0.2) is 37.6 Å². The molecule has 2 saturated heterocycles. The number of amides is 1. The van der Waals surface area contributed by atoms with Gasteiger partial charge in [0.1, 0.15) is 11.9 Å². The number of carbonyl (C=O) groups excluding carboxylic acids is 1. The van der Waals surface area contributed by atoms with Gasteiger partial charge in [0, 0.05) is 16.8 Å². The molecule has 0 bridgehead atoms. The second-order valence-corrected chi connectivity index (χ2v) is 9.21. The Morgan fingerprint density at radius 2 is 1.62 bits per heavy atom. The number of carbonyl (C=O) groups is 1. The average Bonchev–Trinajstić information content (AvgIpc) is 3.28. The highest BCUT2D eigenvalue weighted by Crippen LogP contribution is 2.42. The topological polar surface area (TPSA) is 48.0 Å². The van der Waals surface area contributed by atoms with E-state index < -0.39 is 5.79 Å². The predicted molar refractivity (Wildman–Crippen MR) is 144 cm³/mol. The summed E-state index contributed by atoms with van der Waals surface area (Å²) in [5, 5.41) is 0. The Balaban J connectivity index is 1.59. The molecule has 2 heterocycles. The third-order valence-corrected chi connectivity index (χ3v) is 6.32. The van der Waals surface area contributed by atoms with Crippen LogP contribution in [-0.2, 0) is 14.3 Å². The number of hydrogen-bond donors (Lipinski definition) is 0. The standard InChI is InChI=1S/C32H27NO4/c1-32(2)36-22-28(37-32)30-29(31(34)33(30)25-18-20-26(35-3)21-19-25)27(24-15-8-5-9-16-24)17-11-10-14-23-12-6-4-7-13-23/h4-9,12-13,15-16,18-21,28,30H,22H2,1-3H3/b29-27+/t28?,30-/m0/s1. The van der Waals surface area contributed by atoms with Gasteiger partial charge in [0.2, 0.25) is 0 Å². The number of hydrogen-bond acceptors (Lipinski definition) is 4. The Kier molecular flexibility index (Phi) is 6.84. The third-order valence-electron chi connectivity index (χ3n) is 6.32. The van der Waals surface area contributed by atoms with E-state index >= 15 is 0 Å². The molecule has 0 aliphatic carbocycles. The van der Waals surface area contributed by atoms with E-state index in [-0.39, 0.29) is 18.1 Å². The lowest BCUT2D eigenvalue weighted by atomic mass is 9.83. The van der Waals surface area contributed by atoms with Crippen LogP contribution in [0.1, 0.15) is 25.0 Å². The van der Waals surface area contributed by atoms with E-state index in [1.165, 1.54) is 0 Å². The number of benzene rings is 3. The summed E-state index contributed by atoms with van der Waals surface area (Å²) in [5.41, 5.74) is 3.75. The van der Waals surface area contributed by atoms with Crippen molar-refractivity contribution < 1.29 is 19.0 Å². The van der Waals surface area contributed by atoms with E-state index in [4.69, 9.17) is 14.2 Å². The van der Waals surface area contributed by atoms with Crippen LogP contribution < -0.4 is 9.64 Å². The van der Waals surface area contributed by atoms with Crippen LogP contribution >= 0.6 is 0 Å². The van der Waals surface area contributed by atoms with Crippen LogP contribution in [0.4, 0.5) is 5.69 Å². The van der Waals surface area contributed by atoms with Gasteiger partial charge in [0.25, 0.3) is 5.91 Å². The van der Waals surface area contributed by atoms with Crippen molar-refractivity contribution in [1.29, 1.82) is 0 Å². The molecule has 0 saturated carbocycles. The number of methoxy groups -OCH3 is 1. The summed E-state index contributed by atoms with van der Waals surface area (Å²) in [6.45, 7) is 4.13. The lowest BCUT2D eigenvalue weighted by Crippen LogP contribution is -2.62. The molecule has 0 radical (unpaired) electrons. The van der Waals surface area contributed by atoms with E-state index in [2.05, 4.69) is 23.7 Å². The highest BCUT2D eigenvalue weighted by molar-refractivity contribution is 6.21. The fraction of sp³-hybridized carbons (Fsp3) is 0.219. The molecule has 1 unspecified atom stereocenters. The molecule has 0 spiro atoms. The third kappa shape index (κ3) is 5.15. The van der Waals surface area contributed by atoms with Crippen molar-refractivity contribution in [2.45, 2.75) is 31.8 Å². The zero-order valence-electron chi connectivity index (χ0n) is 21.0. The maximum Gasteiger partial charge on any atom is 0.258 e. The van der Waals surface area contributed by atoms with Gasteiger partial charge < -0.3 is 14.2 Å². The first kappa shape index (κ1) is 24.4. The van der Waals surface area contributed by atoms with Gasteiger partial charge in [-0.15, -0.1) is 0 Å². The van der Waals surface area contributed by atoms with Crippen LogP contribution in [0.15, 0.2) is 90.5 Å². The fourth-order valence-electron chi connectivity index (χ4n) is 4.56. The molecule has 37 heavy (non-hydrogen) atoms. The lowest BCUT2D eigenvalue weighted by Gasteiger charge is -2.45. The summed E-state index contributed by atoms with van der Waals surface area (Å²) < 4.78 is 17.4. The number of ether oxygens (including phenoxy) is 3. The van der Waals surface area contributed by atoms with Gasteiger partial charge >= 0.3 is 0 Å². The molecule has 3 aromatic rings. The first-order valence-corrected chi connectivity index (χ1v) is 12.1. The number of nitrogens with zero attached hydrogens (tertiary/aromatic N) is 1. The van der Waals surface area contributed by atoms with Crippen LogP contribution in [0.3, 0.4) is 0 Å². The molecule has 5 heteroatoms. The van der Waals surface area contributed by atoms with Crippen molar-refractivity contribution in [3.8, 4) is 29.4 Å². The van der Waals surface area contributed by atoms with Crippen molar-refractivity contribution in [1.82, 2.24) is 0 Å². The maximum absolute atomic E-state index is 13.8. The molecule has 3 aromatic carbocycles. The van der Waals surface area contributed by atoms with Gasteiger partial charge in [-0.3, -0.25) is 9.69 Å². The molecule has 1 amide bonds. The minimum atomic E-state index is -0.736. The number of allylic oxidation sites excluding steroid dienone is 1. The predicted octanol–water partition coefficient (Wildman–Crippen LogP) is 5.07. The van der Waals surface area contributed by atoms with Crippen molar-refractivity contribution >= 4 is 17.2 Å². The summed E-state index contributed by atoms with van der Waals surface area (Å²) in [6, 6.07) is 26.5. The summed E-state index contributed by atoms with van der Waals surface area (Å²) in [5.74, 6) is 12.0. The van der Waals surface area contributed by atoms with Gasteiger partial charge in [0.05, 0.1) is 25.3 Å². The smallest absolute Gasteiger partial charge is 0.258 e. The molecule has 2 atom stereocenters. The molecule has 5 nitrogen and oxygen atoms in total. The van der Waals surface area contributed by atoms with Crippen molar-refractivity contribution in [2.24, 2.45) is 0 Å². The van der Waals surface area contributed by atoms with Crippen LogP contribution in [0.25, 0.3) is 5.57 Å². The SMILES string of the molecule is COc1ccc(N2C(=O)/C(=C(\C#CC#Cc3ccccc3)c3ccccc3)[C@@H]2C2COC(C)(C)O2)cc1. The quantitative estimate of drug-likeness (QED) is 0.292. The Morgan fingerprint density at radius 1 is 0.946 bits per heavy atom. The van der Waals surface area contributed by atoms with Crippen molar-refractivity contribution in [2.75, 3.05) is 18.6 Å². The molecule has 0 aromatic heterocycles. The zero-order valence-corrected chi connectivity index (χ0v) is 21.0. The zero-order chi connectivity index (χ0) is 25.8. The summed E-state index contributed by atoms with van der Waals surface area (Å²) in [7, 11) is 1.62. The summed E-state index contributed by atoms with van der Waals surface area (Å²) in [6.07, 6.45) is -0.347. The first-order valence-electron chi connectivity index (χ1n) is 12.1. The average molecular weight is 490 g/mol. The highest BCUT2D eigenvalue weighted by atomic mass is 16.7. The molecule has 2 aliphatic rings. The van der Waals surface area contributed by atoms with Crippen molar-refractivity contribution in [3.63, 3.8) is 0 Å². The van der Waals surface area contributed by atoms with Gasteiger partial charge in [-0.1, -0.05) is 60.4 Å². The monoisotopic (exact) mass is 489 g/mol. The fourth-order valence-corrected chi connectivity index (χ4v) is 4.56. The van der Waals surface area contributed by atoms with Gasteiger partial charge in [-0.05, 0) is 67.6 Å². The molecule has 5 rings (SSSR count). The highest BCUT2D eigenvalue weighted by Gasteiger charge is 2.53. The van der Waals surface area contributed by atoms with Crippen molar-refractivity contribution in [3.05, 3.63) is 102 Å². The largest absolute Gasteiger partial charge is 0.497 e. The minimum Gasteiger partial charge on any atom is -0.497 e. The molecule has 0 N–H and O–H groups in total. The maximum atomic E-state index is 13.8. The Bertz CT molecular complexity index is 1440. The van der Waals surface area contributed by atoms with E-state index in [9.17, 15) is 4.79 Å². The van der Waals surface area contributed by atoms with Gasteiger partial charge in [0.15, 0.2) is 5.79 Å². The van der Waals surface area contributed by atoms with E-state index in [0.29, 0.717) is 17.8 Å². The minimum absolute atomic E-state index is 0.118. The molecular formula is C32H27NO4. The number of rotatable bonds is 4. The van der Waals surface area contributed by atoms with E-state index in [0.717, 1.165) is 22.6 Å². The Morgan fingerprint density at radius 3 is 2.24 bits per heavy atom. The molecular weight excluding hydrogens is 462 g/mol. The molecule has 2 aliphatic heterocycles. The van der Waals surface area contributed by atoms with Crippen LogP contribution in [0.5, 0.6) is 5.75 Å². The van der Waals surface area contributed by atoms with E-state index in [1.54, 1.807) is 12.0 Å². The Hall–Kier alpha value is -4.29. The van der Waals surface area contributed by atoms with Crippen LogP contribution in [0.2, 0.25) is 0 Å². The number of anilines is 1. The van der Waals surface area contributed by atoms with Crippen LogP contribution in [0, 0.1) is 23.7 Å². The Labute approximate surface area is 217 Å². The summed E-state index contributed by atoms with van der Waals surface area (Å²) >= 11 is 0. The van der Waals surface area contributed by atoms with Gasteiger partial charge in [-0.2, -0.15) is 0 Å². The second-order valence-electron chi connectivity index (χ2n) is 9.21.